The summed E-state index contributed by atoms with van der Waals surface area (Å²) in [7, 11) is 0. The first-order valence-electron chi connectivity index (χ1n) is 8.49. The largest absolute Gasteiger partial charge is 0.481 e. The van der Waals surface area contributed by atoms with E-state index in [1.165, 1.54) is 0 Å². The van der Waals surface area contributed by atoms with Crippen LogP contribution in [0.1, 0.15) is 6.92 Å². The molecule has 0 saturated carbocycles. The van der Waals surface area contributed by atoms with E-state index in [2.05, 4.69) is 20.6 Å². The van der Waals surface area contributed by atoms with Gasteiger partial charge in [0, 0.05) is 11.3 Å². The maximum absolute atomic E-state index is 12.3. The number of carbonyl (C=O) groups excluding carboxylic acids is 1. The van der Waals surface area contributed by atoms with Crippen molar-refractivity contribution in [2.75, 3.05) is 5.32 Å². The van der Waals surface area contributed by atoms with E-state index in [0.29, 0.717) is 17.1 Å². The van der Waals surface area contributed by atoms with E-state index in [-0.39, 0.29) is 5.91 Å². The Hall–Kier alpha value is -3.74. The van der Waals surface area contributed by atoms with Gasteiger partial charge in [-0.05, 0) is 43.3 Å². The van der Waals surface area contributed by atoms with Gasteiger partial charge in [0.25, 0.3) is 5.91 Å². The van der Waals surface area contributed by atoms with Crippen molar-refractivity contribution in [3.05, 3.63) is 73.1 Å². The van der Waals surface area contributed by atoms with Crippen LogP contribution in [-0.2, 0) is 4.79 Å². The van der Waals surface area contributed by atoms with E-state index in [1.54, 1.807) is 17.8 Å². The number of hydrogen-bond donors (Lipinski definition) is 1. The molecule has 1 atom stereocenters. The molecule has 4 rings (SSSR count). The first kappa shape index (κ1) is 16.7. The number of rotatable bonds is 5. The lowest BCUT2D eigenvalue weighted by Crippen LogP contribution is -2.30. The summed E-state index contributed by atoms with van der Waals surface area (Å²) in [4.78, 5) is 12.3. The monoisotopic (exact) mass is 359 g/mol. The lowest BCUT2D eigenvalue weighted by Gasteiger charge is -2.14. The van der Waals surface area contributed by atoms with Crippen LogP contribution in [0.2, 0.25) is 0 Å². The van der Waals surface area contributed by atoms with Gasteiger partial charge in [0.2, 0.25) is 0 Å². The molecule has 0 spiro atoms. The number of fused-ring (bicyclic) bond motifs is 1. The summed E-state index contributed by atoms with van der Waals surface area (Å²) in [5, 5.41) is 15.1. The van der Waals surface area contributed by atoms with Crippen molar-refractivity contribution < 1.29 is 9.53 Å². The molecule has 1 N–H and O–H groups in total. The Labute approximate surface area is 155 Å². The molecule has 7 heteroatoms. The zero-order valence-corrected chi connectivity index (χ0v) is 14.6. The summed E-state index contributed by atoms with van der Waals surface area (Å²) < 4.78 is 7.26. The van der Waals surface area contributed by atoms with Crippen molar-refractivity contribution in [3.8, 4) is 17.0 Å². The molecule has 0 aliphatic heterocycles. The minimum Gasteiger partial charge on any atom is -0.481 e. The van der Waals surface area contributed by atoms with E-state index in [9.17, 15) is 4.79 Å². The maximum atomic E-state index is 12.3. The Balaban J connectivity index is 1.43. The summed E-state index contributed by atoms with van der Waals surface area (Å²) in [5.74, 6) is 0.446. The predicted octanol–water partition coefficient (Wildman–Crippen LogP) is 3.20. The highest BCUT2D eigenvalue weighted by atomic mass is 16.5. The third-order valence-corrected chi connectivity index (χ3v) is 4.04. The third kappa shape index (κ3) is 3.77. The first-order valence-corrected chi connectivity index (χ1v) is 8.49. The molecular formula is C20H17N5O2. The molecule has 2 heterocycles. The van der Waals surface area contributed by atoms with Crippen LogP contribution in [0.4, 0.5) is 5.69 Å². The van der Waals surface area contributed by atoms with Crippen molar-refractivity contribution in [2.45, 2.75) is 13.0 Å². The van der Waals surface area contributed by atoms with Crippen LogP contribution in [0.15, 0.2) is 73.1 Å². The van der Waals surface area contributed by atoms with Crippen LogP contribution >= 0.6 is 0 Å². The fourth-order valence-electron chi connectivity index (χ4n) is 2.61. The standard InChI is InChI=1S/C20H17N5O2/c1-14(27-17-5-3-2-4-6-17)20(26)22-16-9-7-15(8-10-16)18-11-12-19-23-21-13-25(19)24-18/h2-14H,1H3,(H,22,26). The highest BCUT2D eigenvalue weighted by Gasteiger charge is 2.15. The number of hydrogen-bond acceptors (Lipinski definition) is 5. The van der Waals surface area contributed by atoms with Gasteiger partial charge in [-0.2, -0.15) is 9.61 Å². The average Bonchev–Trinajstić information content (AvgIpc) is 3.17. The van der Waals surface area contributed by atoms with E-state index in [0.717, 1.165) is 11.3 Å². The number of nitrogens with zero attached hydrogens (tertiary/aromatic N) is 4. The van der Waals surface area contributed by atoms with Crippen LogP contribution in [0.5, 0.6) is 5.75 Å². The quantitative estimate of drug-likeness (QED) is 0.592. The van der Waals surface area contributed by atoms with Gasteiger partial charge in [0.15, 0.2) is 11.8 Å². The normalized spacial score (nSPS) is 11.9. The minimum atomic E-state index is -0.607. The molecule has 4 aromatic rings. The number of amides is 1. The Morgan fingerprint density at radius 2 is 1.81 bits per heavy atom. The summed E-state index contributed by atoms with van der Waals surface area (Å²) in [6.07, 6.45) is 0.951. The van der Waals surface area contributed by atoms with Crippen molar-refractivity contribution in [1.82, 2.24) is 19.8 Å². The van der Waals surface area contributed by atoms with Gasteiger partial charge in [0.1, 0.15) is 12.1 Å². The maximum Gasteiger partial charge on any atom is 0.265 e. The Morgan fingerprint density at radius 1 is 1.04 bits per heavy atom. The van der Waals surface area contributed by atoms with Crippen molar-refractivity contribution >= 4 is 17.2 Å². The van der Waals surface area contributed by atoms with Gasteiger partial charge in [-0.1, -0.05) is 30.3 Å². The van der Waals surface area contributed by atoms with Gasteiger partial charge >= 0.3 is 0 Å². The molecule has 7 nitrogen and oxygen atoms in total. The van der Waals surface area contributed by atoms with Gasteiger partial charge < -0.3 is 10.1 Å². The predicted molar refractivity (Wildman–Crippen MR) is 101 cm³/mol. The summed E-state index contributed by atoms with van der Waals surface area (Å²) in [6, 6.07) is 20.5. The topological polar surface area (TPSA) is 81.4 Å². The van der Waals surface area contributed by atoms with Gasteiger partial charge in [-0.25, -0.2) is 0 Å². The summed E-state index contributed by atoms with van der Waals surface area (Å²) >= 11 is 0. The zero-order valence-electron chi connectivity index (χ0n) is 14.6. The SMILES string of the molecule is CC(Oc1ccccc1)C(=O)Nc1ccc(-c2ccc3nncn3n2)cc1. The molecule has 0 aliphatic carbocycles. The molecule has 0 bridgehead atoms. The van der Waals surface area contributed by atoms with Crippen molar-refractivity contribution in [2.24, 2.45) is 0 Å². The van der Waals surface area contributed by atoms with Crippen LogP contribution in [0.25, 0.3) is 16.9 Å². The molecule has 1 amide bonds. The fourth-order valence-corrected chi connectivity index (χ4v) is 2.61. The molecule has 27 heavy (non-hydrogen) atoms. The number of benzene rings is 2. The molecular weight excluding hydrogens is 342 g/mol. The summed E-state index contributed by atoms with van der Waals surface area (Å²) in [5.41, 5.74) is 3.10. The minimum absolute atomic E-state index is 0.212. The number of anilines is 1. The lowest BCUT2D eigenvalue weighted by molar-refractivity contribution is -0.122. The van der Waals surface area contributed by atoms with E-state index in [1.807, 2.05) is 66.7 Å². The average molecular weight is 359 g/mol. The molecule has 0 aliphatic rings. The number of carbonyl (C=O) groups is 1. The second kappa shape index (κ2) is 7.25. The van der Waals surface area contributed by atoms with Crippen molar-refractivity contribution in [1.29, 1.82) is 0 Å². The Bertz CT molecular complexity index is 1060. The molecule has 134 valence electrons. The molecule has 0 saturated heterocycles. The van der Waals surface area contributed by atoms with Gasteiger partial charge in [-0.3, -0.25) is 4.79 Å². The molecule has 0 fully saturated rings. The Morgan fingerprint density at radius 3 is 2.59 bits per heavy atom. The van der Waals surface area contributed by atoms with Gasteiger partial charge in [0.05, 0.1) is 5.69 Å². The Kier molecular flexibility index (Phi) is 4.49. The number of ether oxygens (including phenoxy) is 1. The highest BCUT2D eigenvalue weighted by Crippen LogP contribution is 2.20. The van der Waals surface area contributed by atoms with Crippen LogP contribution in [0.3, 0.4) is 0 Å². The lowest BCUT2D eigenvalue weighted by atomic mass is 10.1. The van der Waals surface area contributed by atoms with Crippen molar-refractivity contribution in [3.63, 3.8) is 0 Å². The zero-order chi connectivity index (χ0) is 18.6. The molecule has 1 unspecified atom stereocenters. The second-order valence-corrected chi connectivity index (χ2v) is 5.99. The number of aromatic nitrogens is 4. The number of nitrogens with one attached hydrogen (secondary N) is 1. The van der Waals surface area contributed by atoms with E-state index < -0.39 is 6.10 Å². The smallest absolute Gasteiger partial charge is 0.265 e. The molecule has 2 aromatic heterocycles. The van der Waals surface area contributed by atoms with Crippen LogP contribution < -0.4 is 10.1 Å². The van der Waals surface area contributed by atoms with E-state index in [4.69, 9.17) is 4.74 Å². The van der Waals surface area contributed by atoms with Crippen LogP contribution in [0, 0.1) is 0 Å². The fraction of sp³-hybridized carbons (Fsp3) is 0.100. The van der Waals surface area contributed by atoms with E-state index >= 15 is 0 Å². The molecule has 0 radical (unpaired) electrons. The highest BCUT2D eigenvalue weighted by molar-refractivity contribution is 5.94. The number of para-hydroxylation sites is 1. The first-order chi connectivity index (χ1) is 13.2. The van der Waals surface area contributed by atoms with Gasteiger partial charge in [-0.15, -0.1) is 10.2 Å². The van der Waals surface area contributed by atoms with Crippen LogP contribution in [-0.4, -0.2) is 31.8 Å². The third-order valence-electron chi connectivity index (χ3n) is 4.04. The molecule has 2 aromatic carbocycles. The summed E-state index contributed by atoms with van der Waals surface area (Å²) in [6.45, 7) is 1.72. The second-order valence-electron chi connectivity index (χ2n) is 5.99.